The lowest BCUT2D eigenvalue weighted by atomic mass is 10.2. The second-order valence-corrected chi connectivity index (χ2v) is 8.47. The first-order valence-electron chi connectivity index (χ1n) is 6.66. The fourth-order valence-corrected chi connectivity index (χ4v) is 5.16. The number of aromatic amines is 1. The van der Waals surface area contributed by atoms with Gasteiger partial charge in [-0.25, -0.2) is 8.42 Å². The molecule has 0 spiro atoms. The molecule has 21 heavy (non-hydrogen) atoms. The highest BCUT2D eigenvalue weighted by Crippen LogP contribution is 2.22. The average molecular weight is 330 g/mol. The first-order chi connectivity index (χ1) is 9.86. The van der Waals surface area contributed by atoms with E-state index in [4.69, 9.17) is 0 Å². The number of nitrogens with zero attached hydrogens (tertiary/aromatic N) is 1. The van der Waals surface area contributed by atoms with Gasteiger partial charge in [-0.2, -0.15) is 11.8 Å². The molecule has 1 N–H and O–H groups in total. The van der Waals surface area contributed by atoms with Crippen LogP contribution < -0.4 is 5.43 Å². The van der Waals surface area contributed by atoms with Gasteiger partial charge >= 0.3 is 0 Å². The molecule has 0 radical (unpaired) electrons. The van der Waals surface area contributed by atoms with Crippen LogP contribution in [0.4, 0.5) is 0 Å². The predicted molar refractivity (Wildman–Crippen MR) is 83.4 cm³/mol. The van der Waals surface area contributed by atoms with Crippen molar-refractivity contribution >= 4 is 27.5 Å². The Morgan fingerprint density at radius 2 is 2.24 bits per heavy atom. The highest BCUT2D eigenvalue weighted by Gasteiger charge is 2.36. The van der Waals surface area contributed by atoms with Crippen LogP contribution in [0.1, 0.15) is 23.0 Å². The van der Waals surface area contributed by atoms with E-state index in [1.165, 1.54) is 28.9 Å². The summed E-state index contributed by atoms with van der Waals surface area (Å²) < 4.78 is 24.3. The average Bonchev–Trinajstić information content (AvgIpc) is 2.46. The third-order valence-electron chi connectivity index (χ3n) is 3.45. The molecule has 1 aromatic rings. The van der Waals surface area contributed by atoms with Crippen molar-refractivity contribution < 1.29 is 13.2 Å². The van der Waals surface area contributed by atoms with Crippen molar-refractivity contribution in [2.75, 3.05) is 23.8 Å². The van der Waals surface area contributed by atoms with E-state index in [9.17, 15) is 18.0 Å². The summed E-state index contributed by atoms with van der Waals surface area (Å²) in [4.78, 5) is 28.6. The van der Waals surface area contributed by atoms with E-state index < -0.39 is 21.1 Å². The summed E-state index contributed by atoms with van der Waals surface area (Å²) >= 11 is 1.51. The molecule has 1 fully saturated rings. The normalized spacial score (nSPS) is 19.5. The number of aryl methyl sites for hydroxylation is 1. The minimum atomic E-state index is -3.37. The molecule has 6 nitrogen and oxygen atoms in total. The van der Waals surface area contributed by atoms with E-state index >= 15 is 0 Å². The lowest BCUT2D eigenvalue weighted by molar-refractivity contribution is 0.0747. The van der Waals surface area contributed by atoms with E-state index in [0.29, 0.717) is 23.7 Å². The van der Waals surface area contributed by atoms with Crippen LogP contribution in [0.2, 0.25) is 0 Å². The van der Waals surface area contributed by atoms with Gasteiger partial charge in [0.05, 0.1) is 0 Å². The van der Waals surface area contributed by atoms with Gasteiger partial charge in [-0.15, -0.1) is 0 Å². The van der Waals surface area contributed by atoms with Crippen LogP contribution in [0, 0.1) is 6.92 Å². The van der Waals surface area contributed by atoms with E-state index in [0.717, 1.165) is 0 Å². The molecule has 1 atom stereocenters. The molecular weight excluding hydrogens is 312 g/mol. The van der Waals surface area contributed by atoms with Gasteiger partial charge in [0.25, 0.3) is 5.91 Å². The Hall–Kier alpha value is -1.28. The third-order valence-corrected chi connectivity index (χ3v) is 6.74. The second-order valence-electron chi connectivity index (χ2n) is 4.87. The third kappa shape index (κ3) is 3.32. The first kappa shape index (κ1) is 16.1. The molecule has 1 unspecified atom stereocenters. The van der Waals surface area contributed by atoms with Gasteiger partial charge in [0.2, 0.25) is 0 Å². The molecule has 0 bridgehead atoms. The largest absolute Gasteiger partial charge is 0.364 e. The smallest absolute Gasteiger partial charge is 0.260 e. The Kier molecular flexibility index (Phi) is 4.77. The molecule has 1 aliphatic heterocycles. The Morgan fingerprint density at radius 1 is 1.52 bits per heavy atom. The summed E-state index contributed by atoms with van der Waals surface area (Å²) in [7, 11) is -3.37. The van der Waals surface area contributed by atoms with Crippen LogP contribution in [0.15, 0.2) is 17.1 Å². The van der Waals surface area contributed by atoms with E-state index in [1.807, 2.05) is 0 Å². The quantitative estimate of drug-likeness (QED) is 0.878. The molecule has 0 aliphatic carbocycles. The SMILES string of the molecule is CCS(=O)(=O)C1CSCCN1C(=O)c1c[nH]c(C)cc1=O. The van der Waals surface area contributed by atoms with Crippen molar-refractivity contribution in [2.24, 2.45) is 0 Å². The maximum absolute atomic E-state index is 12.5. The second kappa shape index (κ2) is 6.23. The molecule has 8 heteroatoms. The molecular formula is C13H18N2O4S2. The number of amides is 1. The summed E-state index contributed by atoms with van der Waals surface area (Å²) in [6.45, 7) is 3.62. The topological polar surface area (TPSA) is 87.3 Å². The molecule has 2 heterocycles. The molecule has 116 valence electrons. The molecule has 1 aromatic heterocycles. The van der Waals surface area contributed by atoms with Gasteiger partial charge in [-0.1, -0.05) is 6.92 Å². The number of hydrogen-bond donors (Lipinski definition) is 1. The van der Waals surface area contributed by atoms with Gasteiger partial charge in [0.1, 0.15) is 10.9 Å². The summed E-state index contributed by atoms with van der Waals surface area (Å²) in [5.41, 5.74) is 0.259. The fraction of sp³-hybridized carbons (Fsp3) is 0.538. The number of nitrogens with one attached hydrogen (secondary N) is 1. The van der Waals surface area contributed by atoms with Crippen molar-refractivity contribution in [3.8, 4) is 0 Å². The zero-order valence-corrected chi connectivity index (χ0v) is 13.6. The molecule has 1 aliphatic rings. The van der Waals surface area contributed by atoms with Crippen LogP contribution in [0.25, 0.3) is 0 Å². The van der Waals surface area contributed by atoms with Crippen molar-refractivity contribution in [3.63, 3.8) is 0 Å². The molecule has 1 saturated heterocycles. The maximum Gasteiger partial charge on any atom is 0.260 e. The van der Waals surface area contributed by atoms with Gasteiger partial charge < -0.3 is 9.88 Å². The lowest BCUT2D eigenvalue weighted by Crippen LogP contribution is -2.51. The molecule has 0 saturated carbocycles. The number of aromatic nitrogens is 1. The number of sulfone groups is 1. The van der Waals surface area contributed by atoms with E-state index in [1.54, 1.807) is 13.8 Å². The van der Waals surface area contributed by atoms with Crippen LogP contribution in [-0.4, -0.2) is 53.4 Å². The molecule has 0 aromatic carbocycles. The highest BCUT2D eigenvalue weighted by atomic mass is 32.2. The zero-order valence-electron chi connectivity index (χ0n) is 12.0. The number of rotatable bonds is 3. The molecule has 2 rings (SSSR count). The van der Waals surface area contributed by atoms with Gasteiger partial charge in [-0.3, -0.25) is 9.59 Å². The van der Waals surface area contributed by atoms with Crippen LogP contribution in [-0.2, 0) is 9.84 Å². The predicted octanol–water partition coefficient (Wildman–Crippen LogP) is 0.633. The zero-order chi connectivity index (χ0) is 15.6. The van der Waals surface area contributed by atoms with Crippen LogP contribution >= 0.6 is 11.8 Å². The number of thioether (sulfide) groups is 1. The molecule has 1 amide bonds. The minimum Gasteiger partial charge on any atom is -0.364 e. The summed E-state index contributed by atoms with van der Waals surface area (Å²) in [5, 5.41) is -0.852. The van der Waals surface area contributed by atoms with Crippen molar-refractivity contribution in [1.82, 2.24) is 9.88 Å². The number of pyridine rings is 1. The Bertz CT molecular complexity index is 696. The lowest BCUT2D eigenvalue weighted by Gasteiger charge is -2.34. The van der Waals surface area contributed by atoms with Gasteiger partial charge in [0, 0.05) is 41.8 Å². The minimum absolute atomic E-state index is 0.0104. The monoisotopic (exact) mass is 330 g/mol. The first-order valence-corrected chi connectivity index (χ1v) is 9.53. The van der Waals surface area contributed by atoms with Crippen LogP contribution in [0.3, 0.4) is 0 Å². The van der Waals surface area contributed by atoms with Crippen molar-refractivity contribution in [3.05, 3.63) is 33.7 Å². The number of hydrogen-bond acceptors (Lipinski definition) is 5. The van der Waals surface area contributed by atoms with Crippen molar-refractivity contribution in [2.45, 2.75) is 19.2 Å². The fourth-order valence-electron chi connectivity index (χ4n) is 2.20. The standard InChI is InChI=1S/C13H18N2O4S2/c1-3-21(18,19)12-8-20-5-4-15(12)13(17)10-7-14-9(2)6-11(10)16/h6-7,12H,3-5,8H2,1-2H3,(H,14,16). The summed E-state index contributed by atoms with van der Waals surface area (Å²) in [6, 6.07) is 1.34. The van der Waals surface area contributed by atoms with Crippen LogP contribution in [0.5, 0.6) is 0 Å². The Balaban J connectivity index is 2.37. The van der Waals surface area contributed by atoms with E-state index in [2.05, 4.69) is 4.98 Å². The summed E-state index contributed by atoms with van der Waals surface area (Å²) in [5.74, 6) is 0.488. The van der Waals surface area contributed by atoms with E-state index in [-0.39, 0.29) is 16.7 Å². The highest BCUT2D eigenvalue weighted by molar-refractivity contribution is 8.01. The van der Waals surface area contributed by atoms with Gasteiger partial charge in [-0.05, 0) is 6.92 Å². The maximum atomic E-state index is 12.5. The summed E-state index contributed by atoms with van der Waals surface area (Å²) in [6.07, 6.45) is 1.36. The van der Waals surface area contributed by atoms with Crippen molar-refractivity contribution in [1.29, 1.82) is 0 Å². The number of H-pyrrole nitrogens is 1. The Morgan fingerprint density at radius 3 is 2.86 bits per heavy atom. The van der Waals surface area contributed by atoms with Gasteiger partial charge in [0.15, 0.2) is 15.3 Å². The number of carbonyl (C=O) groups is 1. The number of carbonyl (C=O) groups excluding carboxylic acids is 1. The Labute approximate surface area is 127 Å².